The number of fused-ring (bicyclic) bond motifs is 1. The number of phenolic OH excluding ortho intramolecular Hbond substituents is 1. The van der Waals surface area contributed by atoms with E-state index in [2.05, 4.69) is 10.6 Å². The van der Waals surface area contributed by atoms with Crippen molar-refractivity contribution in [1.29, 1.82) is 0 Å². The fourth-order valence-corrected chi connectivity index (χ4v) is 6.23. The molecule has 0 aliphatic heterocycles. The normalized spacial score (nSPS) is 31.5. The molecule has 0 spiro atoms. The highest BCUT2D eigenvalue weighted by Gasteiger charge is 2.54. The van der Waals surface area contributed by atoms with Gasteiger partial charge in [0.15, 0.2) is 0 Å². The molecule has 0 saturated heterocycles. The van der Waals surface area contributed by atoms with Gasteiger partial charge in [-0.25, -0.2) is 0 Å². The fraction of sp³-hybridized carbons (Fsp3) is 0.591. The molecule has 5 nitrogen and oxygen atoms in total. The van der Waals surface area contributed by atoms with Crippen molar-refractivity contribution in [2.45, 2.75) is 45.1 Å². The minimum Gasteiger partial charge on any atom is -0.508 e. The second-order valence-corrected chi connectivity index (χ2v) is 9.07. The van der Waals surface area contributed by atoms with Gasteiger partial charge in [-0.15, -0.1) is 0 Å². The molecule has 0 radical (unpaired) electrons. The van der Waals surface area contributed by atoms with E-state index in [0.717, 1.165) is 60.3 Å². The summed E-state index contributed by atoms with van der Waals surface area (Å²) >= 11 is 0. The maximum atomic E-state index is 12.9. The molecule has 1 amide bonds. The molecule has 27 heavy (non-hydrogen) atoms. The van der Waals surface area contributed by atoms with Crippen molar-refractivity contribution >= 4 is 16.9 Å². The average molecular weight is 368 g/mol. The molecule has 144 valence electrons. The zero-order chi connectivity index (χ0) is 18.4. The summed E-state index contributed by atoms with van der Waals surface area (Å²) in [6.45, 7) is 1.99. The van der Waals surface area contributed by atoms with Gasteiger partial charge in [-0.3, -0.25) is 4.79 Å². The third kappa shape index (κ3) is 3.22. The molecule has 4 fully saturated rings. The summed E-state index contributed by atoms with van der Waals surface area (Å²) in [5, 5.41) is 17.0. The number of hydrogen-bond donors (Lipinski definition) is 3. The van der Waals surface area contributed by atoms with Crippen LogP contribution >= 0.6 is 0 Å². The van der Waals surface area contributed by atoms with Crippen LogP contribution in [0.2, 0.25) is 0 Å². The Balaban J connectivity index is 1.10. The van der Waals surface area contributed by atoms with Crippen LogP contribution in [0.3, 0.4) is 0 Å². The van der Waals surface area contributed by atoms with Crippen LogP contribution in [0, 0.1) is 23.2 Å². The number of hydrogen-bond acceptors (Lipinski definition) is 4. The predicted molar refractivity (Wildman–Crippen MR) is 103 cm³/mol. The Morgan fingerprint density at radius 1 is 1.07 bits per heavy atom. The lowest BCUT2D eigenvalue weighted by Gasteiger charge is -2.55. The Morgan fingerprint density at radius 3 is 2.48 bits per heavy atom. The maximum absolute atomic E-state index is 12.9. The number of carbonyl (C=O) groups is 1. The molecule has 1 heterocycles. The average Bonchev–Trinajstić information content (AvgIpc) is 3.02. The van der Waals surface area contributed by atoms with Gasteiger partial charge in [-0.2, -0.15) is 0 Å². The van der Waals surface area contributed by atoms with Gasteiger partial charge < -0.3 is 20.2 Å². The van der Waals surface area contributed by atoms with E-state index in [4.69, 9.17) is 4.42 Å². The van der Waals surface area contributed by atoms with Crippen molar-refractivity contribution in [3.05, 3.63) is 30.0 Å². The third-order valence-corrected chi connectivity index (χ3v) is 6.96. The van der Waals surface area contributed by atoms with Crippen LogP contribution in [-0.2, 0) is 11.3 Å². The topological polar surface area (TPSA) is 74.5 Å². The van der Waals surface area contributed by atoms with Crippen molar-refractivity contribution in [3.63, 3.8) is 0 Å². The van der Waals surface area contributed by atoms with Gasteiger partial charge in [0.25, 0.3) is 0 Å². The fourth-order valence-electron chi connectivity index (χ4n) is 6.23. The van der Waals surface area contributed by atoms with Crippen molar-refractivity contribution in [3.8, 4) is 5.75 Å². The van der Waals surface area contributed by atoms with E-state index in [9.17, 15) is 9.90 Å². The number of benzene rings is 1. The highest BCUT2D eigenvalue weighted by atomic mass is 16.3. The molecular formula is C22H28N2O3. The Kier molecular flexibility index (Phi) is 4.15. The summed E-state index contributed by atoms with van der Waals surface area (Å²) in [6, 6.07) is 7.05. The van der Waals surface area contributed by atoms with Gasteiger partial charge in [0, 0.05) is 23.9 Å². The zero-order valence-corrected chi connectivity index (χ0v) is 15.7. The summed E-state index contributed by atoms with van der Waals surface area (Å²) < 4.78 is 5.75. The predicted octanol–water partition coefficient (Wildman–Crippen LogP) is 3.56. The van der Waals surface area contributed by atoms with Gasteiger partial charge in [0.1, 0.15) is 17.1 Å². The molecule has 0 unspecified atom stereocenters. The number of furan rings is 1. The molecule has 1 aromatic carbocycles. The molecule has 3 N–H and O–H groups in total. The number of rotatable bonds is 6. The van der Waals surface area contributed by atoms with Gasteiger partial charge in [-0.05, 0) is 80.5 Å². The van der Waals surface area contributed by atoms with Gasteiger partial charge >= 0.3 is 0 Å². The molecule has 5 heteroatoms. The van der Waals surface area contributed by atoms with E-state index >= 15 is 0 Å². The van der Waals surface area contributed by atoms with Crippen LogP contribution < -0.4 is 10.6 Å². The highest BCUT2D eigenvalue weighted by Crippen LogP contribution is 2.60. The molecule has 4 aliphatic carbocycles. The van der Waals surface area contributed by atoms with Gasteiger partial charge in [0.05, 0.1) is 6.54 Å². The summed E-state index contributed by atoms with van der Waals surface area (Å²) in [6.07, 6.45) is 7.44. The molecule has 4 aliphatic rings. The lowest BCUT2D eigenvalue weighted by molar-refractivity contribution is -0.146. The first kappa shape index (κ1) is 17.1. The number of phenols is 1. The Morgan fingerprint density at radius 2 is 1.78 bits per heavy atom. The number of carbonyl (C=O) groups excluding carboxylic acids is 1. The quantitative estimate of drug-likeness (QED) is 0.682. The molecule has 4 bridgehead atoms. The van der Waals surface area contributed by atoms with Crippen LogP contribution in [0.5, 0.6) is 5.75 Å². The number of nitrogens with one attached hydrogen (secondary N) is 2. The second-order valence-electron chi connectivity index (χ2n) is 9.07. The zero-order valence-electron chi connectivity index (χ0n) is 15.7. The van der Waals surface area contributed by atoms with Crippen molar-refractivity contribution in [2.75, 3.05) is 13.1 Å². The van der Waals surface area contributed by atoms with E-state index in [1.807, 2.05) is 6.07 Å². The van der Waals surface area contributed by atoms with Crippen LogP contribution in [0.15, 0.2) is 28.7 Å². The molecular weight excluding hydrogens is 340 g/mol. The smallest absolute Gasteiger partial charge is 0.226 e. The minimum absolute atomic E-state index is 0.0600. The Hall–Kier alpha value is -2.01. The first-order valence-electron chi connectivity index (χ1n) is 10.3. The van der Waals surface area contributed by atoms with Gasteiger partial charge in [0.2, 0.25) is 5.91 Å². The molecule has 6 rings (SSSR count). The first-order valence-corrected chi connectivity index (χ1v) is 10.3. The first-order chi connectivity index (χ1) is 13.1. The summed E-state index contributed by atoms with van der Waals surface area (Å²) in [5.74, 6) is 3.77. The van der Waals surface area contributed by atoms with Crippen molar-refractivity contribution in [2.24, 2.45) is 23.2 Å². The van der Waals surface area contributed by atoms with Crippen LogP contribution in [-0.4, -0.2) is 24.1 Å². The summed E-state index contributed by atoms with van der Waals surface area (Å²) in [4.78, 5) is 12.9. The Bertz CT molecular complexity index is 821. The molecule has 2 aromatic rings. The minimum atomic E-state index is -0.0600. The number of aromatic hydroxyl groups is 1. The number of amides is 1. The Labute approximate surface area is 159 Å². The largest absolute Gasteiger partial charge is 0.508 e. The maximum Gasteiger partial charge on any atom is 0.226 e. The SMILES string of the molecule is O=C(NCCNCc1cc2cc(O)ccc2o1)C12CC3CC(CC(C3)C1)C2. The van der Waals surface area contributed by atoms with E-state index in [1.165, 1.54) is 19.3 Å². The molecule has 1 aromatic heterocycles. The lowest BCUT2D eigenvalue weighted by Crippen LogP contribution is -2.54. The molecule has 4 saturated carbocycles. The van der Waals surface area contributed by atoms with Gasteiger partial charge in [-0.1, -0.05) is 0 Å². The monoisotopic (exact) mass is 368 g/mol. The standard InChI is InChI=1S/C22H28N2O3/c25-18-1-2-20-17(8-18)9-19(27-20)13-23-3-4-24-21(26)22-10-14-5-15(11-22)7-16(6-14)12-22/h1-2,8-9,14-16,23,25H,3-7,10-13H2,(H,24,26). The van der Waals surface area contributed by atoms with Crippen LogP contribution in [0.4, 0.5) is 0 Å². The van der Waals surface area contributed by atoms with Crippen LogP contribution in [0.25, 0.3) is 11.0 Å². The third-order valence-electron chi connectivity index (χ3n) is 6.96. The van der Waals surface area contributed by atoms with E-state index in [1.54, 1.807) is 18.2 Å². The van der Waals surface area contributed by atoms with Crippen LogP contribution in [0.1, 0.15) is 44.3 Å². The highest BCUT2D eigenvalue weighted by molar-refractivity contribution is 5.83. The second kappa shape index (κ2) is 6.55. The lowest BCUT2D eigenvalue weighted by atomic mass is 9.49. The van der Waals surface area contributed by atoms with Crippen molar-refractivity contribution < 1.29 is 14.3 Å². The molecule has 0 atom stereocenters. The summed E-state index contributed by atoms with van der Waals surface area (Å²) in [7, 11) is 0. The van der Waals surface area contributed by atoms with E-state index in [-0.39, 0.29) is 11.2 Å². The summed E-state index contributed by atoms with van der Waals surface area (Å²) in [5.41, 5.74) is 0.717. The van der Waals surface area contributed by atoms with E-state index < -0.39 is 0 Å². The van der Waals surface area contributed by atoms with Crippen molar-refractivity contribution in [1.82, 2.24) is 10.6 Å². The van der Waals surface area contributed by atoms with E-state index in [0.29, 0.717) is 19.0 Å².